The van der Waals surface area contributed by atoms with E-state index < -0.39 is 0 Å². The van der Waals surface area contributed by atoms with Crippen molar-refractivity contribution in [3.05, 3.63) is 29.8 Å². The number of rotatable bonds is 7. The lowest BCUT2D eigenvalue weighted by Gasteiger charge is -2.11. The Morgan fingerprint density at radius 2 is 2.24 bits per heavy atom. The van der Waals surface area contributed by atoms with Crippen molar-refractivity contribution in [1.82, 2.24) is 5.32 Å². The Morgan fingerprint density at radius 1 is 1.47 bits per heavy atom. The van der Waals surface area contributed by atoms with E-state index in [0.29, 0.717) is 6.42 Å². The Labute approximate surface area is 103 Å². The van der Waals surface area contributed by atoms with Crippen molar-refractivity contribution in [1.29, 1.82) is 0 Å². The van der Waals surface area contributed by atoms with Gasteiger partial charge in [0.05, 0.1) is 7.11 Å². The average molecular weight is 235 g/mol. The molecule has 0 amide bonds. The first-order valence-corrected chi connectivity index (χ1v) is 6.03. The summed E-state index contributed by atoms with van der Waals surface area (Å²) >= 11 is 0. The third kappa shape index (κ3) is 4.57. The smallest absolute Gasteiger partial charge is 0.141 e. The molecule has 1 aromatic rings. The average Bonchev–Trinajstić information content (AvgIpc) is 2.36. The molecule has 1 unspecified atom stereocenters. The molecule has 0 bridgehead atoms. The van der Waals surface area contributed by atoms with Crippen LogP contribution in [0.25, 0.3) is 0 Å². The topological polar surface area (TPSA) is 38.3 Å². The highest BCUT2D eigenvalue weighted by molar-refractivity contribution is 5.83. The van der Waals surface area contributed by atoms with E-state index in [9.17, 15) is 4.79 Å². The quantitative estimate of drug-likeness (QED) is 0.786. The van der Waals surface area contributed by atoms with Crippen LogP contribution in [0.1, 0.15) is 19.4 Å². The molecule has 0 radical (unpaired) electrons. The number of Topliss-reactive ketones (excluding diaryl/α,β-unsaturated/α-hetero) is 1. The first-order valence-electron chi connectivity index (χ1n) is 6.03. The Balaban J connectivity index is 2.54. The molecule has 0 aromatic heterocycles. The molecule has 3 nitrogen and oxygen atoms in total. The summed E-state index contributed by atoms with van der Waals surface area (Å²) in [6.45, 7) is 5.65. The zero-order valence-electron chi connectivity index (χ0n) is 10.8. The van der Waals surface area contributed by atoms with Crippen molar-refractivity contribution >= 4 is 5.78 Å². The number of hydrogen-bond donors (Lipinski definition) is 1. The molecule has 0 aliphatic heterocycles. The van der Waals surface area contributed by atoms with Gasteiger partial charge in [0.2, 0.25) is 0 Å². The monoisotopic (exact) mass is 235 g/mol. The Kier molecular flexibility index (Phi) is 5.70. The van der Waals surface area contributed by atoms with Crippen molar-refractivity contribution in [3.8, 4) is 5.75 Å². The minimum atomic E-state index is 0.0566. The van der Waals surface area contributed by atoms with Gasteiger partial charge in [0.15, 0.2) is 0 Å². The molecule has 3 heteroatoms. The fraction of sp³-hybridized carbons (Fsp3) is 0.500. The van der Waals surface area contributed by atoms with E-state index >= 15 is 0 Å². The summed E-state index contributed by atoms with van der Waals surface area (Å²) < 4.78 is 5.14. The Morgan fingerprint density at radius 3 is 2.88 bits per heavy atom. The predicted molar refractivity (Wildman–Crippen MR) is 69.4 cm³/mol. The van der Waals surface area contributed by atoms with E-state index in [0.717, 1.165) is 24.4 Å². The first-order chi connectivity index (χ1) is 8.17. The van der Waals surface area contributed by atoms with Gasteiger partial charge in [-0.25, -0.2) is 0 Å². The molecule has 1 aromatic carbocycles. The number of carbonyl (C=O) groups is 1. The number of nitrogens with one attached hydrogen (secondary N) is 1. The highest BCUT2D eigenvalue weighted by Crippen LogP contribution is 2.14. The molecule has 0 aliphatic rings. The summed E-state index contributed by atoms with van der Waals surface area (Å²) in [7, 11) is 1.63. The van der Waals surface area contributed by atoms with Gasteiger partial charge in [0.25, 0.3) is 0 Å². The molecule has 0 saturated carbocycles. The zero-order valence-corrected chi connectivity index (χ0v) is 10.8. The van der Waals surface area contributed by atoms with Crippen molar-refractivity contribution in [3.63, 3.8) is 0 Å². The maximum Gasteiger partial charge on any atom is 0.141 e. The summed E-state index contributed by atoms with van der Waals surface area (Å²) in [6, 6.07) is 7.67. The normalized spacial score (nSPS) is 12.2. The van der Waals surface area contributed by atoms with E-state index in [1.807, 2.05) is 38.1 Å². The number of hydrogen-bond acceptors (Lipinski definition) is 3. The van der Waals surface area contributed by atoms with Crippen LogP contribution in [0.5, 0.6) is 5.75 Å². The lowest BCUT2D eigenvalue weighted by Crippen LogP contribution is -2.27. The first kappa shape index (κ1) is 13.7. The molecule has 0 fully saturated rings. The highest BCUT2D eigenvalue weighted by atomic mass is 16.5. The minimum Gasteiger partial charge on any atom is -0.497 e. The predicted octanol–water partition coefficient (Wildman–Crippen LogP) is 2.05. The van der Waals surface area contributed by atoms with E-state index in [4.69, 9.17) is 4.74 Å². The molecule has 1 rings (SSSR count). The minimum absolute atomic E-state index is 0.0566. The molecular weight excluding hydrogens is 214 g/mol. The second kappa shape index (κ2) is 7.07. The lowest BCUT2D eigenvalue weighted by atomic mass is 9.99. The molecule has 94 valence electrons. The van der Waals surface area contributed by atoms with Crippen LogP contribution in [-0.4, -0.2) is 26.0 Å². The van der Waals surface area contributed by atoms with Crippen LogP contribution in [-0.2, 0) is 11.2 Å². The van der Waals surface area contributed by atoms with E-state index in [2.05, 4.69) is 5.32 Å². The standard InChI is InChI=1S/C14H21NO2/c1-4-15-10-11(2)14(16)9-12-6-5-7-13(8-12)17-3/h5-8,11,15H,4,9-10H2,1-3H3. The molecule has 17 heavy (non-hydrogen) atoms. The third-order valence-electron chi connectivity index (χ3n) is 2.76. The molecule has 1 atom stereocenters. The molecular formula is C14H21NO2. The summed E-state index contributed by atoms with van der Waals surface area (Å²) in [4.78, 5) is 11.9. The number of benzene rings is 1. The summed E-state index contributed by atoms with van der Waals surface area (Å²) in [5.41, 5.74) is 1.01. The largest absolute Gasteiger partial charge is 0.497 e. The fourth-order valence-corrected chi connectivity index (χ4v) is 1.63. The summed E-state index contributed by atoms with van der Waals surface area (Å²) in [6.07, 6.45) is 0.476. The maximum absolute atomic E-state index is 11.9. The second-order valence-corrected chi connectivity index (χ2v) is 4.20. The number of carbonyl (C=O) groups excluding carboxylic acids is 1. The fourth-order valence-electron chi connectivity index (χ4n) is 1.63. The SMILES string of the molecule is CCNCC(C)C(=O)Cc1cccc(OC)c1. The highest BCUT2D eigenvalue weighted by Gasteiger charge is 2.12. The van der Waals surface area contributed by atoms with Crippen LogP contribution in [0.15, 0.2) is 24.3 Å². The number of methoxy groups -OCH3 is 1. The van der Waals surface area contributed by atoms with E-state index in [1.165, 1.54) is 0 Å². The number of ether oxygens (including phenoxy) is 1. The molecule has 0 spiro atoms. The van der Waals surface area contributed by atoms with Gasteiger partial charge in [-0.05, 0) is 24.2 Å². The van der Waals surface area contributed by atoms with Crippen LogP contribution in [0.4, 0.5) is 0 Å². The van der Waals surface area contributed by atoms with Crippen molar-refractivity contribution in [2.24, 2.45) is 5.92 Å². The number of ketones is 1. The van der Waals surface area contributed by atoms with Gasteiger partial charge >= 0.3 is 0 Å². The van der Waals surface area contributed by atoms with Crippen molar-refractivity contribution < 1.29 is 9.53 Å². The third-order valence-corrected chi connectivity index (χ3v) is 2.76. The van der Waals surface area contributed by atoms with Gasteiger partial charge in [-0.2, -0.15) is 0 Å². The molecule has 0 aliphatic carbocycles. The van der Waals surface area contributed by atoms with Crippen LogP contribution >= 0.6 is 0 Å². The van der Waals surface area contributed by atoms with Crippen LogP contribution < -0.4 is 10.1 Å². The zero-order chi connectivity index (χ0) is 12.7. The van der Waals surface area contributed by atoms with Gasteiger partial charge in [-0.3, -0.25) is 4.79 Å². The second-order valence-electron chi connectivity index (χ2n) is 4.20. The Bertz CT molecular complexity index is 363. The van der Waals surface area contributed by atoms with E-state index in [-0.39, 0.29) is 11.7 Å². The summed E-state index contributed by atoms with van der Waals surface area (Å²) in [5.74, 6) is 1.12. The van der Waals surface area contributed by atoms with Crippen LogP contribution in [0.2, 0.25) is 0 Å². The Hall–Kier alpha value is -1.35. The van der Waals surface area contributed by atoms with Gasteiger partial charge in [-0.15, -0.1) is 0 Å². The van der Waals surface area contributed by atoms with Crippen molar-refractivity contribution in [2.75, 3.05) is 20.2 Å². The summed E-state index contributed by atoms with van der Waals surface area (Å²) in [5, 5.41) is 3.19. The molecule has 1 N–H and O–H groups in total. The van der Waals surface area contributed by atoms with Crippen LogP contribution in [0, 0.1) is 5.92 Å². The van der Waals surface area contributed by atoms with Gasteiger partial charge in [-0.1, -0.05) is 26.0 Å². The van der Waals surface area contributed by atoms with Crippen molar-refractivity contribution in [2.45, 2.75) is 20.3 Å². The molecule has 0 heterocycles. The van der Waals surface area contributed by atoms with Gasteiger partial charge < -0.3 is 10.1 Å². The van der Waals surface area contributed by atoms with Gasteiger partial charge in [0.1, 0.15) is 11.5 Å². The lowest BCUT2D eigenvalue weighted by molar-refractivity contribution is -0.121. The van der Waals surface area contributed by atoms with Crippen LogP contribution in [0.3, 0.4) is 0 Å². The maximum atomic E-state index is 11.9. The van der Waals surface area contributed by atoms with E-state index in [1.54, 1.807) is 7.11 Å². The van der Waals surface area contributed by atoms with Gasteiger partial charge in [0, 0.05) is 18.9 Å². The molecule has 0 saturated heterocycles.